The van der Waals surface area contributed by atoms with Crippen LogP contribution >= 0.6 is 0 Å². The first-order valence-electron chi connectivity index (χ1n) is 5.51. The maximum atomic E-state index is 11.8. The lowest BCUT2D eigenvalue weighted by atomic mass is 9.90. The number of nitrogens with zero attached hydrogens (tertiary/aromatic N) is 1. The molecule has 1 fully saturated rings. The summed E-state index contributed by atoms with van der Waals surface area (Å²) < 4.78 is 0. The first-order valence-corrected chi connectivity index (χ1v) is 5.51. The zero-order chi connectivity index (χ0) is 11.8. The number of hydrogen-bond acceptors (Lipinski definition) is 3. The van der Waals surface area contributed by atoms with Crippen LogP contribution in [0.2, 0.25) is 0 Å². The van der Waals surface area contributed by atoms with Gasteiger partial charge in [-0.3, -0.25) is 4.79 Å². The molecule has 0 radical (unpaired) electrons. The molecule has 16 heavy (non-hydrogen) atoms. The van der Waals surface area contributed by atoms with E-state index in [9.17, 15) is 9.90 Å². The number of anilines is 1. The Kier molecular flexibility index (Phi) is 2.72. The maximum Gasteiger partial charge on any atom is 0.162 e. The summed E-state index contributed by atoms with van der Waals surface area (Å²) in [7, 11) is 0. The molecule has 1 aromatic carbocycles. The highest BCUT2D eigenvalue weighted by atomic mass is 16.3. The van der Waals surface area contributed by atoms with E-state index in [1.807, 2.05) is 43.0 Å². The van der Waals surface area contributed by atoms with Crippen molar-refractivity contribution < 1.29 is 9.90 Å². The van der Waals surface area contributed by atoms with Crippen LogP contribution < -0.4 is 4.90 Å². The molecule has 0 saturated carbocycles. The minimum absolute atomic E-state index is 0.0752. The Morgan fingerprint density at radius 2 is 2.00 bits per heavy atom. The number of rotatable bonds is 2. The fraction of sp³-hybridized carbons (Fsp3) is 0.462. The number of aliphatic hydroxyl groups excluding tert-OH is 1. The van der Waals surface area contributed by atoms with E-state index in [4.69, 9.17) is 0 Å². The van der Waals surface area contributed by atoms with Gasteiger partial charge in [-0.2, -0.15) is 0 Å². The number of ketones is 1. The average molecular weight is 219 g/mol. The number of carbonyl (C=O) groups is 1. The first kappa shape index (κ1) is 11.1. The van der Waals surface area contributed by atoms with Crippen LogP contribution in [-0.4, -0.2) is 30.6 Å². The Labute approximate surface area is 95.7 Å². The van der Waals surface area contributed by atoms with Crippen molar-refractivity contribution in [1.29, 1.82) is 0 Å². The SMILES string of the molecule is Cc1ccc(N2CC(=O)C(C)(CO)C2)cc1. The highest BCUT2D eigenvalue weighted by Gasteiger charge is 2.41. The molecule has 0 aromatic heterocycles. The molecule has 3 heteroatoms. The van der Waals surface area contributed by atoms with E-state index >= 15 is 0 Å². The number of carbonyl (C=O) groups excluding carboxylic acids is 1. The van der Waals surface area contributed by atoms with Gasteiger partial charge < -0.3 is 10.0 Å². The molecule has 0 bridgehead atoms. The van der Waals surface area contributed by atoms with E-state index in [0.717, 1.165) is 5.69 Å². The minimum Gasteiger partial charge on any atom is -0.395 e. The third-order valence-corrected chi connectivity index (χ3v) is 3.30. The molecule has 0 aliphatic carbocycles. The molecule has 3 nitrogen and oxygen atoms in total. The third-order valence-electron chi connectivity index (χ3n) is 3.30. The second-order valence-electron chi connectivity index (χ2n) is 4.83. The Bertz CT molecular complexity index is 399. The molecule has 1 aliphatic rings. The van der Waals surface area contributed by atoms with Gasteiger partial charge in [-0.15, -0.1) is 0 Å². The molecule has 86 valence electrons. The van der Waals surface area contributed by atoms with Gasteiger partial charge in [0.2, 0.25) is 0 Å². The minimum atomic E-state index is -0.592. The van der Waals surface area contributed by atoms with Gasteiger partial charge >= 0.3 is 0 Å². The second kappa shape index (κ2) is 3.91. The molecule has 1 unspecified atom stereocenters. The molecule has 1 atom stereocenters. The standard InChI is InChI=1S/C13H17NO2/c1-10-3-5-11(6-4-10)14-7-12(16)13(2,8-14)9-15/h3-6,15H,7-9H2,1-2H3. The summed E-state index contributed by atoms with van der Waals surface area (Å²) >= 11 is 0. The number of Topliss-reactive ketones (excluding diaryl/α,β-unsaturated/α-hetero) is 1. The molecule has 0 spiro atoms. The Hall–Kier alpha value is -1.35. The van der Waals surface area contributed by atoms with Crippen LogP contribution in [0.4, 0.5) is 5.69 Å². The zero-order valence-electron chi connectivity index (χ0n) is 9.73. The zero-order valence-corrected chi connectivity index (χ0v) is 9.73. The van der Waals surface area contributed by atoms with Crippen LogP contribution in [0.15, 0.2) is 24.3 Å². The van der Waals surface area contributed by atoms with Crippen molar-refractivity contribution in [3.8, 4) is 0 Å². The van der Waals surface area contributed by atoms with E-state index in [1.165, 1.54) is 5.56 Å². The smallest absolute Gasteiger partial charge is 0.162 e. The van der Waals surface area contributed by atoms with Crippen molar-refractivity contribution in [1.82, 2.24) is 0 Å². The van der Waals surface area contributed by atoms with Crippen LogP contribution in [0.25, 0.3) is 0 Å². The average Bonchev–Trinajstić information content (AvgIpc) is 2.57. The maximum absolute atomic E-state index is 11.8. The van der Waals surface area contributed by atoms with E-state index < -0.39 is 5.41 Å². The first-order chi connectivity index (χ1) is 7.55. The molecule has 0 amide bonds. The lowest BCUT2D eigenvalue weighted by Crippen LogP contribution is -2.31. The quantitative estimate of drug-likeness (QED) is 0.817. The number of benzene rings is 1. The number of aliphatic hydroxyl groups is 1. The van der Waals surface area contributed by atoms with Gasteiger partial charge in [-0.05, 0) is 26.0 Å². The number of hydrogen-bond donors (Lipinski definition) is 1. The van der Waals surface area contributed by atoms with Gasteiger partial charge in [0.15, 0.2) is 5.78 Å². The second-order valence-corrected chi connectivity index (χ2v) is 4.83. The van der Waals surface area contributed by atoms with Crippen LogP contribution in [0.3, 0.4) is 0 Å². The lowest BCUT2D eigenvalue weighted by Gasteiger charge is -2.21. The topological polar surface area (TPSA) is 40.5 Å². The summed E-state index contributed by atoms with van der Waals surface area (Å²) in [5.74, 6) is 0.121. The highest BCUT2D eigenvalue weighted by molar-refractivity contribution is 5.92. The molecule has 1 N–H and O–H groups in total. The summed E-state index contributed by atoms with van der Waals surface area (Å²) in [6, 6.07) is 8.11. The molecule has 1 aromatic rings. The number of aryl methyl sites for hydroxylation is 1. The predicted octanol–water partition coefficient (Wildman–Crippen LogP) is 1.38. The molecule has 2 rings (SSSR count). The predicted molar refractivity (Wildman–Crippen MR) is 63.6 cm³/mol. The fourth-order valence-corrected chi connectivity index (χ4v) is 2.01. The monoisotopic (exact) mass is 219 g/mol. The van der Waals surface area contributed by atoms with E-state index in [0.29, 0.717) is 13.1 Å². The van der Waals surface area contributed by atoms with Crippen LogP contribution in [-0.2, 0) is 4.79 Å². The molecular weight excluding hydrogens is 202 g/mol. The van der Waals surface area contributed by atoms with Gasteiger partial charge in [0.1, 0.15) is 0 Å². The van der Waals surface area contributed by atoms with Crippen molar-refractivity contribution in [3.63, 3.8) is 0 Å². The lowest BCUT2D eigenvalue weighted by molar-refractivity contribution is -0.125. The van der Waals surface area contributed by atoms with Crippen LogP contribution in [0.5, 0.6) is 0 Å². The largest absolute Gasteiger partial charge is 0.395 e. The van der Waals surface area contributed by atoms with E-state index in [1.54, 1.807) is 0 Å². The van der Waals surface area contributed by atoms with Crippen molar-refractivity contribution in [2.45, 2.75) is 13.8 Å². The van der Waals surface area contributed by atoms with Crippen molar-refractivity contribution in [2.24, 2.45) is 5.41 Å². The summed E-state index contributed by atoms with van der Waals surface area (Å²) in [6.07, 6.45) is 0. The molecule has 1 saturated heterocycles. The molecule has 1 heterocycles. The summed E-state index contributed by atoms with van der Waals surface area (Å²) in [5.41, 5.74) is 1.67. The summed E-state index contributed by atoms with van der Waals surface area (Å²) in [5, 5.41) is 9.26. The fourth-order valence-electron chi connectivity index (χ4n) is 2.01. The highest BCUT2D eigenvalue weighted by Crippen LogP contribution is 2.30. The van der Waals surface area contributed by atoms with E-state index in [-0.39, 0.29) is 12.4 Å². The van der Waals surface area contributed by atoms with Gasteiger partial charge in [0.25, 0.3) is 0 Å². The van der Waals surface area contributed by atoms with Crippen LogP contribution in [0.1, 0.15) is 12.5 Å². The summed E-state index contributed by atoms with van der Waals surface area (Å²) in [6.45, 7) is 4.79. The molecular formula is C13H17NO2. The van der Waals surface area contributed by atoms with Crippen molar-refractivity contribution >= 4 is 11.5 Å². The normalized spacial score (nSPS) is 25.2. The van der Waals surface area contributed by atoms with E-state index in [2.05, 4.69) is 0 Å². The summed E-state index contributed by atoms with van der Waals surface area (Å²) in [4.78, 5) is 13.8. The van der Waals surface area contributed by atoms with Gasteiger partial charge in [-0.1, -0.05) is 17.7 Å². The van der Waals surface area contributed by atoms with Gasteiger partial charge in [-0.25, -0.2) is 0 Å². The van der Waals surface area contributed by atoms with Gasteiger partial charge in [0.05, 0.1) is 18.6 Å². The van der Waals surface area contributed by atoms with Crippen molar-refractivity contribution in [2.75, 3.05) is 24.6 Å². The third kappa shape index (κ3) is 1.83. The van der Waals surface area contributed by atoms with Gasteiger partial charge in [0, 0.05) is 12.2 Å². The Morgan fingerprint density at radius 1 is 1.38 bits per heavy atom. The van der Waals surface area contributed by atoms with Crippen molar-refractivity contribution in [3.05, 3.63) is 29.8 Å². The van der Waals surface area contributed by atoms with Crippen LogP contribution in [0, 0.1) is 12.3 Å². The Morgan fingerprint density at radius 3 is 2.50 bits per heavy atom. The Balaban J connectivity index is 2.20. The molecule has 1 aliphatic heterocycles.